The van der Waals surface area contributed by atoms with Crippen molar-refractivity contribution in [2.24, 2.45) is 4.99 Å². The van der Waals surface area contributed by atoms with Gasteiger partial charge in [0.05, 0.1) is 35.9 Å². The Balaban J connectivity index is 1.44. The van der Waals surface area contributed by atoms with Gasteiger partial charge in [-0.3, -0.25) is 14.7 Å². The fourth-order valence-corrected chi connectivity index (χ4v) is 6.06. The lowest BCUT2D eigenvalue weighted by Crippen LogP contribution is -2.55. The molecule has 3 N–H and O–H groups in total. The number of piperazine rings is 1. The first-order valence-corrected chi connectivity index (χ1v) is 12.9. The van der Waals surface area contributed by atoms with Crippen molar-refractivity contribution in [3.8, 4) is 5.75 Å². The van der Waals surface area contributed by atoms with Gasteiger partial charge in [-0.15, -0.1) is 11.8 Å². The van der Waals surface area contributed by atoms with E-state index in [2.05, 4.69) is 38.7 Å². The number of nitrogens with one attached hydrogen (secondary N) is 3. The number of hydrogen-bond acceptors (Lipinski definition) is 6. The highest BCUT2D eigenvalue weighted by Gasteiger charge is 2.32. The maximum atomic E-state index is 12.1. The Labute approximate surface area is 193 Å². The lowest BCUT2D eigenvalue weighted by atomic mass is 10.0. The molecule has 8 heteroatoms. The molecule has 0 bridgehead atoms. The molecular weight excluding hydrogens is 422 g/mol. The molecule has 5 rings (SSSR count). The van der Waals surface area contributed by atoms with Crippen LogP contribution in [0.2, 0.25) is 0 Å². The Hall–Kier alpha value is -2.19. The van der Waals surface area contributed by atoms with Crippen molar-refractivity contribution in [1.82, 2.24) is 15.2 Å². The van der Waals surface area contributed by atoms with E-state index in [9.17, 15) is 4.79 Å². The number of anilines is 1. The molecule has 1 amide bonds. The van der Waals surface area contributed by atoms with E-state index in [1.165, 1.54) is 36.8 Å². The molecular formula is C24H33N5O2S. The first-order chi connectivity index (χ1) is 15.7. The van der Waals surface area contributed by atoms with E-state index in [-0.39, 0.29) is 18.0 Å². The Morgan fingerprint density at radius 1 is 1.31 bits per heavy atom. The Morgan fingerprint density at radius 3 is 2.94 bits per heavy atom. The van der Waals surface area contributed by atoms with Crippen molar-refractivity contribution in [3.05, 3.63) is 23.9 Å². The van der Waals surface area contributed by atoms with Gasteiger partial charge in [0.25, 0.3) is 0 Å². The van der Waals surface area contributed by atoms with Gasteiger partial charge in [-0.05, 0) is 31.9 Å². The third-order valence-corrected chi connectivity index (χ3v) is 7.59. The van der Waals surface area contributed by atoms with Crippen LogP contribution in [0, 0.1) is 0 Å². The monoisotopic (exact) mass is 455 g/mol. The highest BCUT2D eigenvalue weighted by Crippen LogP contribution is 2.33. The fourth-order valence-electron chi connectivity index (χ4n) is 5.23. The zero-order chi connectivity index (χ0) is 21.9. The normalized spacial score (nSPS) is 23.0. The number of fused-ring (bicyclic) bond motifs is 1. The first-order valence-electron chi connectivity index (χ1n) is 11.9. The summed E-state index contributed by atoms with van der Waals surface area (Å²) in [6.45, 7) is 4.71. The van der Waals surface area contributed by atoms with Gasteiger partial charge < -0.3 is 20.4 Å². The van der Waals surface area contributed by atoms with Gasteiger partial charge in [0.15, 0.2) is 0 Å². The number of carbonyl (C=O) groups is 1. The van der Waals surface area contributed by atoms with Crippen LogP contribution < -0.4 is 15.4 Å². The molecule has 0 radical (unpaired) electrons. The molecule has 2 aliphatic heterocycles. The molecule has 0 spiro atoms. The number of rotatable bonds is 8. The molecule has 3 heterocycles. The fraction of sp³-hybridized carbons (Fsp3) is 0.583. The summed E-state index contributed by atoms with van der Waals surface area (Å²) in [6.07, 6.45) is 5.89. The molecule has 3 aliphatic rings. The van der Waals surface area contributed by atoms with E-state index in [1.807, 2.05) is 12.5 Å². The summed E-state index contributed by atoms with van der Waals surface area (Å²) in [5.74, 6) is 2.00. The van der Waals surface area contributed by atoms with Crippen LogP contribution in [-0.4, -0.2) is 71.5 Å². The minimum absolute atomic E-state index is 0.108. The molecule has 2 aromatic rings. The van der Waals surface area contributed by atoms with Gasteiger partial charge >= 0.3 is 0 Å². The van der Waals surface area contributed by atoms with E-state index in [0.717, 1.165) is 35.7 Å². The van der Waals surface area contributed by atoms with Crippen molar-refractivity contribution in [1.29, 1.82) is 0 Å². The van der Waals surface area contributed by atoms with Crippen LogP contribution in [0.5, 0.6) is 5.75 Å². The Kier molecular flexibility index (Phi) is 6.59. The number of aliphatic imine (C=N–C) groups is 1. The number of thioether (sulfide) groups is 1. The predicted molar refractivity (Wildman–Crippen MR) is 132 cm³/mol. The highest BCUT2D eigenvalue weighted by atomic mass is 32.2. The average Bonchev–Trinajstić information content (AvgIpc) is 3.54. The summed E-state index contributed by atoms with van der Waals surface area (Å²) in [5, 5.41) is 7.89. The number of amides is 1. The zero-order valence-corrected chi connectivity index (χ0v) is 19.5. The van der Waals surface area contributed by atoms with Crippen LogP contribution in [0.4, 0.5) is 5.69 Å². The Morgan fingerprint density at radius 2 is 2.19 bits per heavy atom. The lowest BCUT2D eigenvalue weighted by Gasteiger charge is -2.36. The minimum Gasteiger partial charge on any atom is -0.494 e. The third-order valence-electron chi connectivity index (χ3n) is 6.79. The summed E-state index contributed by atoms with van der Waals surface area (Å²) in [4.78, 5) is 22.8. The molecule has 1 saturated carbocycles. The molecule has 172 valence electrons. The van der Waals surface area contributed by atoms with Gasteiger partial charge in [-0.25, -0.2) is 0 Å². The zero-order valence-electron chi connectivity index (χ0n) is 18.7. The minimum atomic E-state index is 0.108. The van der Waals surface area contributed by atoms with Crippen LogP contribution in [0.15, 0.2) is 23.2 Å². The smallest absolute Gasteiger partial charge is 0.234 e. The van der Waals surface area contributed by atoms with Crippen molar-refractivity contribution < 1.29 is 9.53 Å². The Bertz CT molecular complexity index is 984. The number of H-pyrrole nitrogens is 1. The van der Waals surface area contributed by atoms with Crippen LogP contribution in [0.25, 0.3) is 10.9 Å². The molecule has 1 aliphatic carbocycles. The van der Waals surface area contributed by atoms with Crippen molar-refractivity contribution >= 4 is 39.8 Å². The number of nitrogens with zero attached hydrogens (tertiary/aromatic N) is 2. The number of hydrogen-bond donors (Lipinski definition) is 3. The van der Waals surface area contributed by atoms with Crippen molar-refractivity contribution in [2.45, 2.75) is 57.2 Å². The molecule has 1 saturated heterocycles. The number of carbonyl (C=O) groups excluding carboxylic acids is 1. The lowest BCUT2D eigenvalue weighted by molar-refractivity contribution is -0.125. The molecule has 1 aromatic heterocycles. The van der Waals surface area contributed by atoms with Gasteiger partial charge in [0.2, 0.25) is 5.91 Å². The third kappa shape index (κ3) is 4.76. The summed E-state index contributed by atoms with van der Waals surface area (Å²) in [6, 6.07) is 7.47. The molecule has 2 atom stereocenters. The summed E-state index contributed by atoms with van der Waals surface area (Å²) < 4.78 is 5.87. The molecule has 32 heavy (non-hydrogen) atoms. The molecule has 7 nitrogen and oxygen atoms in total. The number of benzene rings is 1. The van der Waals surface area contributed by atoms with E-state index in [1.54, 1.807) is 11.8 Å². The molecule has 2 fully saturated rings. The van der Waals surface area contributed by atoms with Gasteiger partial charge in [0, 0.05) is 54.5 Å². The standard InChI is InChI=1S/C24H33N5O2S/c1-2-31-19-10-16-9-18(28-24(16)20(12-19)27-17-5-3-4-6-17)11-22(21-14-32-15-26-21)29-8-7-25-23(30)13-29/h9-10,12,15,17,21-22,27-28H,2-8,11,13-14H2,1H3,(H,25,30)/t21?,22-/m1/s1. The van der Waals surface area contributed by atoms with Crippen molar-refractivity contribution in [2.75, 3.05) is 37.3 Å². The topological polar surface area (TPSA) is 81.8 Å². The first kappa shape index (κ1) is 21.6. The maximum absolute atomic E-state index is 12.1. The second-order valence-electron chi connectivity index (χ2n) is 9.04. The molecule has 1 unspecified atom stereocenters. The van der Waals surface area contributed by atoms with Crippen LogP contribution in [0.3, 0.4) is 0 Å². The van der Waals surface area contributed by atoms with Crippen LogP contribution in [-0.2, 0) is 11.2 Å². The maximum Gasteiger partial charge on any atom is 0.234 e. The van der Waals surface area contributed by atoms with E-state index in [0.29, 0.717) is 25.7 Å². The number of ether oxygens (including phenoxy) is 1. The second kappa shape index (κ2) is 9.75. The SMILES string of the molecule is CCOc1cc(NC2CCCC2)c2[nH]c(C[C@H](C3CSC=N3)N3CCNC(=O)C3)cc2c1. The van der Waals surface area contributed by atoms with E-state index >= 15 is 0 Å². The van der Waals surface area contributed by atoms with E-state index < -0.39 is 0 Å². The van der Waals surface area contributed by atoms with Crippen LogP contribution in [0.1, 0.15) is 38.3 Å². The largest absolute Gasteiger partial charge is 0.494 e. The van der Waals surface area contributed by atoms with Gasteiger partial charge in [-0.1, -0.05) is 12.8 Å². The summed E-state index contributed by atoms with van der Waals surface area (Å²) >= 11 is 1.76. The molecule has 1 aromatic carbocycles. The van der Waals surface area contributed by atoms with E-state index in [4.69, 9.17) is 9.73 Å². The van der Waals surface area contributed by atoms with Crippen LogP contribution >= 0.6 is 11.8 Å². The van der Waals surface area contributed by atoms with Gasteiger partial charge in [-0.2, -0.15) is 0 Å². The summed E-state index contributed by atoms with van der Waals surface area (Å²) in [7, 11) is 0. The average molecular weight is 456 g/mol. The van der Waals surface area contributed by atoms with Gasteiger partial charge in [0.1, 0.15) is 5.75 Å². The number of aromatic nitrogens is 1. The van der Waals surface area contributed by atoms with Crippen molar-refractivity contribution in [3.63, 3.8) is 0 Å². The second-order valence-corrected chi connectivity index (χ2v) is 9.91. The number of aromatic amines is 1. The quantitative estimate of drug-likeness (QED) is 0.568. The highest BCUT2D eigenvalue weighted by molar-refractivity contribution is 8.12. The predicted octanol–water partition coefficient (Wildman–Crippen LogP) is 3.41. The summed E-state index contributed by atoms with van der Waals surface area (Å²) in [5.41, 5.74) is 5.43.